The van der Waals surface area contributed by atoms with Gasteiger partial charge in [-0.2, -0.15) is 0 Å². The second-order valence-corrected chi connectivity index (χ2v) is 7.62. The molecule has 3 rings (SSSR count). The summed E-state index contributed by atoms with van der Waals surface area (Å²) in [6, 6.07) is 4.22. The standard InChI is InChI=1S/C19H26NO3/c1-8-12-9-11(2)10-13(20-7)14(12)15-19(22-15)16(21)17(3,4)23-18(19,5)6/h9-10,15H,8H2,1-7H3/q-1. The van der Waals surface area contributed by atoms with E-state index in [9.17, 15) is 4.79 Å². The second-order valence-electron chi connectivity index (χ2n) is 7.62. The maximum Gasteiger partial charge on any atom is 0.201 e. The third-order valence-electron chi connectivity index (χ3n) is 5.18. The van der Waals surface area contributed by atoms with E-state index in [1.165, 1.54) is 11.1 Å². The largest absolute Gasteiger partial charge is 0.687 e. The fourth-order valence-electron chi connectivity index (χ4n) is 4.16. The maximum absolute atomic E-state index is 13.0. The molecule has 0 aliphatic carbocycles. The summed E-state index contributed by atoms with van der Waals surface area (Å²) < 4.78 is 12.1. The van der Waals surface area contributed by atoms with E-state index in [0.717, 1.165) is 17.7 Å². The van der Waals surface area contributed by atoms with Crippen LogP contribution in [0.4, 0.5) is 5.69 Å². The molecule has 1 spiro atoms. The molecular formula is C19H26NO3-. The Morgan fingerprint density at radius 3 is 2.35 bits per heavy atom. The van der Waals surface area contributed by atoms with Crippen molar-refractivity contribution in [3.63, 3.8) is 0 Å². The van der Waals surface area contributed by atoms with Crippen molar-refractivity contribution < 1.29 is 14.3 Å². The van der Waals surface area contributed by atoms with Crippen LogP contribution in [-0.2, 0) is 20.7 Å². The maximum atomic E-state index is 13.0. The first-order valence-corrected chi connectivity index (χ1v) is 8.27. The molecule has 2 heterocycles. The first kappa shape index (κ1) is 16.5. The summed E-state index contributed by atoms with van der Waals surface area (Å²) in [5, 5.41) is 4.43. The van der Waals surface area contributed by atoms with Crippen LogP contribution in [0.1, 0.15) is 57.4 Å². The van der Waals surface area contributed by atoms with Crippen LogP contribution in [0, 0.1) is 6.92 Å². The lowest BCUT2D eigenvalue weighted by atomic mass is 9.79. The molecule has 2 saturated heterocycles. The Balaban J connectivity index is 2.12. The summed E-state index contributed by atoms with van der Waals surface area (Å²) in [4.78, 5) is 13.0. The summed E-state index contributed by atoms with van der Waals surface area (Å²) in [6.07, 6.45) is 0.606. The Kier molecular flexibility index (Phi) is 3.44. The zero-order valence-corrected chi connectivity index (χ0v) is 15.1. The van der Waals surface area contributed by atoms with Crippen LogP contribution in [0.15, 0.2) is 12.1 Å². The first-order valence-electron chi connectivity index (χ1n) is 8.27. The molecule has 0 N–H and O–H groups in total. The molecule has 1 aromatic rings. The Bertz CT molecular complexity index is 652. The van der Waals surface area contributed by atoms with Crippen molar-refractivity contribution in [1.29, 1.82) is 0 Å². The zero-order chi connectivity index (χ0) is 17.2. The molecular weight excluding hydrogens is 290 g/mol. The van der Waals surface area contributed by atoms with E-state index in [-0.39, 0.29) is 11.9 Å². The van der Waals surface area contributed by atoms with E-state index in [4.69, 9.17) is 9.47 Å². The summed E-state index contributed by atoms with van der Waals surface area (Å²) in [6.45, 7) is 11.7. The highest BCUT2D eigenvalue weighted by atomic mass is 16.7. The summed E-state index contributed by atoms with van der Waals surface area (Å²) >= 11 is 0. The normalized spacial score (nSPS) is 30.7. The number of nitrogens with zero attached hydrogens (tertiary/aromatic N) is 1. The van der Waals surface area contributed by atoms with Crippen LogP contribution in [-0.4, -0.2) is 29.6 Å². The van der Waals surface area contributed by atoms with Crippen molar-refractivity contribution >= 4 is 11.5 Å². The number of carbonyl (C=O) groups excluding carboxylic acids is 1. The molecule has 2 fully saturated rings. The summed E-state index contributed by atoms with van der Waals surface area (Å²) in [5.74, 6) is 0.0321. The number of aryl methyl sites for hydroxylation is 2. The van der Waals surface area contributed by atoms with Crippen molar-refractivity contribution in [1.82, 2.24) is 0 Å². The van der Waals surface area contributed by atoms with E-state index in [1.807, 2.05) is 27.7 Å². The highest BCUT2D eigenvalue weighted by Crippen LogP contribution is 2.65. The molecule has 0 radical (unpaired) electrons. The van der Waals surface area contributed by atoms with Crippen molar-refractivity contribution in [2.45, 2.75) is 70.9 Å². The lowest BCUT2D eigenvalue weighted by Gasteiger charge is -2.26. The minimum Gasteiger partial charge on any atom is -0.687 e. The monoisotopic (exact) mass is 316 g/mol. The highest BCUT2D eigenvalue weighted by molar-refractivity contribution is 6.01. The number of ether oxygens (including phenoxy) is 2. The molecule has 23 heavy (non-hydrogen) atoms. The fourth-order valence-corrected chi connectivity index (χ4v) is 4.16. The molecule has 0 bridgehead atoms. The van der Waals surface area contributed by atoms with Gasteiger partial charge in [-0.3, -0.25) is 4.79 Å². The van der Waals surface area contributed by atoms with Gasteiger partial charge in [0.05, 0.1) is 0 Å². The lowest BCUT2D eigenvalue weighted by Crippen LogP contribution is -2.41. The molecule has 2 atom stereocenters. The summed E-state index contributed by atoms with van der Waals surface area (Å²) in [5.41, 5.74) is 1.96. The van der Waals surface area contributed by atoms with Gasteiger partial charge in [0.1, 0.15) is 17.3 Å². The van der Waals surface area contributed by atoms with E-state index in [0.29, 0.717) is 0 Å². The lowest BCUT2D eigenvalue weighted by molar-refractivity contribution is -0.132. The van der Waals surface area contributed by atoms with E-state index in [2.05, 4.69) is 31.3 Å². The van der Waals surface area contributed by atoms with Crippen molar-refractivity contribution in [2.75, 3.05) is 7.05 Å². The number of ketones is 1. The van der Waals surface area contributed by atoms with E-state index < -0.39 is 16.8 Å². The summed E-state index contributed by atoms with van der Waals surface area (Å²) in [7, 11) is 1.79. The van der Waals surface area contributed by atoms with Crippen molar-refractivity contribution in [2.24, 2.45) is 0 Å². The Morgan fingerprint density at radius 2 is 1.87 bits per heavy atom. The quantitative estimate of drug-likeness (QED) is 0.787. The van der Waals surface area contributed by atoms with Crippen molar-refractivity contribution in [3.8, 4) is 0 Å². The molecule has 0 aromatic heterocycles. The minimum atomic E-state index is -0.894. The molecule has 2 unspecified atom stereocenters. The third-order valence-corrected chi connectivity index (χ3v) is 5.18. The Labute approximate surface area is 138 Å². The fraction of sp³-hybridized carbons (Fsp3) is 0.632. The van der Waals surface area contributed by atoms with Gasteiger partial charge in [-0.25, -0.2) is 0 Å². The van der Waals surface area contributed by atoms with Gasteiger partial charge in [0.25, 0.3) is 0 Å². The minimum absolute atomic E-state index is 0.0321. The van der Waals surface area contributed by atoms with E-state index >= 15 is 0 Å². The molecule has 0 amide bonds. The topological polar surface area (TPSA) is 52.9 Å². The average Bonchev–Trinajstić information content (AvgIpc) is 3.18. The van der Waals surface area contributed by atoms with Gasteiger partial charge >= 0.3 is 0 Å². The number of Topliss-reactive ketones (excluding diaryl/α,β-unsaturated/α-hetero) is 1. The predicted octanol–water partition coefficient (Wildman–Crippen LogP) is 4.16. The average molecular weight is 316 g/mol. The smallest absolute Gasteiger partial charge is 0.201 e. The van der Waals surface area contributed by atoms with Gasteiger partial charge < -0.3 is 14.8 Å². The molecule has 126 valence electrons. The van der Waals surface area contributed by atoms with Gasteiger partial charge in [0.2, 0.25) is 5.78 Å². The van der Waals surface area contributed by atoms with Gasteiger partial charge in [-0.05, 0) is 52.2 Å². The number of rotatable bonds is 3. The third kappa shape index (κ3) is 2.08. The van der Waals surface area contributed by atoms with Crippen LogP contribution >= 0.6 is 0 Å². The highest BCUT2D eigenvalue weighted by Gasteiger charge is 2.79. The van der Waals surface area contributed by atoms with Gasteiger partial charge in [-0.15, -0.1) is 12.7 Å². The number of benzene rings is 1. The Morgan fingerprint density at radius 1 is 1.22 bits per heavy atom. The van der Waals surface area contributed by atoms with Crippen LogP contribution in [0.5, 0.6) is 0 Å². The van der Waals surface area contributed by atoms with Crippen LogP contribution in [0.25, 0.3) is 5.32 Å². The number of epoxide rings is 1. The molecule has 2 aliphatic rings. The SMILES string of the molecule is CCc1cc(C)cc([N-]C)c1C1OC12C(=O)C(C)(C)OC2(C)C. The number of carbonyl (C=O) groups is 1. The molecule has 0 saturated carbocycles. The van der Waals surface area contributed by atoms with Crippen LogP contribution < -0.4 is 0 Å². The molecule has 1 aromatic carbocycles. The van der Waals surface area contributed by atoms with Gasteiger partial charge in [0, 0.05) is 0 Å². The van der Waals surface area contributed by atoms with Crippen LogP contribution in [0.2, 0.25) is 0 Å². The van der Waals surface area contributed by atoms with Gasteiger partial charge in [0.15, 0.2) is 5.60 Å². The molecule has 4 heteroatoms. The predicted molar refractivity (Wildman–Crippen MR) is 90.3 cm³/mol. The number of hydrogen-bond acceptors (Lipinski definition) is 3. The van der Waals surface area contributed by atoms with Crippen molar-refractivity contribution in [3.05, 3.63) is 34.1 Å². The molecule has 4 nitrogen and oxygen atoms in total. The van der Waals surface area contributed by atoms with Gasteiger partial charge in [-0.1, -0.05) is 24.6 Å². The number of hydrogen-bond donors (Lipinski definition) is 0. The van der Waals surface area contributed by atoms with E-state index in [1.54, 1.807) is 7.05 Å². The Hall–Kier alpha value is -1.39. The van der Waals surface area contributed by atoms with Crippen LogP contribution in [0.3, 0.4) is 0 Å². The first-order chi connectivity index (χ1) is 10.6. The molecule has 2 aliphatic heterocycles. The zero-order valence-electron chi connectivity index (χ0n) is 15.1. The second kappa shape index (κ2) is 4.81.